The van der Waals surface area contributed by atoms with Gasteiger partial charge < -0.3 is 30.1 Å². The quantitative estimate of drug-likeness (QED) is 0.385. The Balaban J connectivity index is 3.30. The van der Waals surface area contributed by atoms with E-state index in [2.05, 4.69) is 15.4 Å². The summed E-state index contributed by atoms with van der Waals surface area (Å²) in [5.41, 5.74) is -0.0673. The van der Waals surface area contributed by atoms with E-state index in [1.807, 2.05) is 6.07 Å². The molecule has 180 valence electrons. The lowest BCUT2D eigenvalue weighted by Gasteiger charge is -2.32. The zero-order chi connectivity index (χ0) is 25.3. The van der Waals surface area contributed by atoms with Crippen LogP contribution in [0.4, 0.5) is 4.79 Å². The summed E-state index contributed by atoms with van der Waals surface area (Å²) in [5, 5.41) is 24.0. The zero-order valence-corrected chi connectivity index (χ0v) is 19.6. The number of benzene rings is 1. The van der Waals surface area contributed by atoms with E-state index in [1.165, 1.54) is 25.1 Å². The van der Waals surface area contributed by atoms with Crippen molar-refractivity contribution >= 4 is 23.9 Å². The van der Waals surface area contributed by atoms with Gasteiger partial charge in [0, 0.05) is 0 Å². The van der Waals surface area contributed by atoms with E-state index in [9.17, 15) is 29.5 Å². The van der Waals surface area contributed by atoms with Crippen molar-refractivity contribution in [3.05, 3.63) is 29.3 Å². The lowest BCUT2D eigenvalue weighted by Crippen LogP contribution is -2.52. The minimum absolute atomic E-state index is 0.0226. The number of methoxy groups -OCH3 is 1. The highest BCUT2D eigenvalue weighted by Crippen LogP contribution is 2.26. The number of carbonyl (C=O) groups is 4. The smallest absolute Gasteiger partial charge is 0.408 e. The number of aryl methyl sites for hydroxylation is 1. The summed E-state index contributed by atoms with van der Waals surface area (Å²) < 4.78 is 9.67. The molecule has 0 saturated carbocycles. The van der Waals surface area contributed by atoms with Crippen LogP contribution in [0.2, 0.25) is 0 Å². The average molecular weight is 463 g/mol. The third-order valence-electron chi connectivity index (χ3n) is 4.36. The average Bonchev–Trinajstić information content (AvgIpc) is 2.71. The minimum Gasteiger partial charge on any atom is -0.508 e. The van der Waals surface area contributed by atoms with E-state index in [1.54, 1.807) is 27.7 Å². The van der Waals surface area contributed by atoms with Crippen molar-refractivity contribution in [1.82, 2.24) is 15.5 Å². The van der Waals surface area contributed by atoms with Gasteiger partial charge in [0.05, 0.1) is 13.2 Å². The van der Waals surface area contributed by atoms with Gasteiger partial charge in [0.25, 0.3) is 0 Å². The number of nitrogens with zero attached hydrogens (tertiary/aromatic N) is 2. The van der Waals surface area contributed by atoms with Crippen molar-refractivity contribution < 1.29 is 33.8 Å². The molecule has 1 aromatic rings. The SMILES string of the molecule is COC(=O)CNC(=O)C(c1ccc(O)c(C)c1)N(CC#N)C(=O)C(C)NC(=O)OC(C)(C)C. The van der Waals surface area contributed by atoms with Crippen LogP contribution in [0.5, 0.6) is 5.75 Å². The van der Waals surface area contributed by atoms with E-state index in [0.717, 1.165) is 12.0 Å². The Morgan fingerprint density at radius 2 is 1.88 bits per heavy atom. The highest BCUT2D eigenvalue weighted by atomic mass is 16.6. The van der Waals surface area contributed by atoms with Crippen molar-refractivity contribution in [3.63, 3.8) is 0 Å². The lowest BCUT2D eigenvalue weighted by molar-refractivity contribution is -0.144. The first-order chi connectivity index (χ1) is 15.3. The maximum Gasteiger partial charge on any atom is 0.408 e. The Labute approximate surface area is 192 Å². The van der Waals surface area contributed by atoms with Crippen LogP contribution in [0, 0.1) is 18.3 Å². The number of phenolic OH excluding ortho intramolecular Hbond substituents is 1. The van der Waals surface area contributed by atoms with Crippen molar-refractivity contribution in [3.8, 4) is 11.8 Å². The number of carbonyl (C=O) groups excluding carboxylic acids is 4. The number of esters is 1. The summed E-state index contributed by atoms with van der Waals surface area (Å²) in [6.07, 6.45) is -0.840. The second-order valence-corrected chi connectivity index (χ2v) is 8.23. The van der Waals surface area contributed by atoms with Crippen molar-refractivity contribution in [2.75, 3.05) is 20.2 Å². The first-order valence-corrected chi connectivity index (χ1v) is 10.1. The van der Waals surface area contributed by atoms with Crippen LogP contribution in [0.25, 0.3) is 0 Å². The molecular formula is C22H30N4O7. The molecule has 0 aliphatic heterocycles. The number of ether oxygens (including phenoxy) is 2. The maximum atomic E-state index is 13.2. The molecule has 1 rings (SSSR count). The summed E-state index contributed by atoms with van der Waals surface area (Å²) in [7, 11) is 1.16. The van der Waals surface area contributed by atoms with Crippen LogP contribution >= 0.6 is 0 Å². The number of hydrogen-bond donors (Lipinski definition) is 3. The lowest BCUT2D eigenvalue weighted by atomic mass is 10.0. The number of phenols is 1. The molecule has 3 N–H and O–H groups in total. The number of aromatic hydroxyl groups is 1. The normalized spacial score (nSPS) is 12.5. The number of amides is 3. The van der Waals surface area contributed by atoms with E-state index in [4.69, 9.17) is 4.74 Å². The van der Waals surface area contributed by atoms with Gasteiger partial charge in [-0.1, -0.05) is 6.07 Å². The number of hydrogen-bond acceptors (Lipinski definition) is 8. The zero-order valence-electron chi connectivity index (χ0n) is 19.6. The van der Waals surface area contributed by atoms with Crippen molar-refractivity contribution in [2.45, 2.75) is 52.3 Å². The Morgan fingerprint density at radius 3 is 2.39 bits per heavy atom. The molecule has 0 bridgehead atoms. The minimum atomic E-state index is -1.33. The van der Waals surface area contributed by atoms with Crippen LogP contribution in [-0.2, 0) is 23.9 Å². The molecule has 0 heterocycles. The molecule has 2 atom stereocenters. The van der Waals surface area contributed by atoms with Crippen LogP contribution < -0.4 is 10.6 Å². The highest BCUT2D eigenvalue weighted by molar-refractivity contribution is 5.93. The van der Waals surface area contributed by atoms with Gasteiger partial charge in [-0.2, -0.15) is 5.26 Å². The predicted octanol–water partition coefficient (Wildman–Crippen LogP) is 1.30. The molecule has 0 aromatic heterocycles. The Morgan fingerprint density at radius 1 is 1.24 bits per heavy atom. The van der Waals surface area contributed by atoms with Gasteiger partial charge >= 0.3 is 12.1 Å². The molecule has 0 radical (unpaired) electrons. The molecule has 0 spiro atoms. The fraction of sp³-hybridized carbons (Fsp3) is 0.500. The van der Waals surface area contributed by atoms with Crippen LogP contribution in [0.15, 0.2) is 18.2 Å². The molecule has 3 amide bonds. The second-order valence-electron chi connectivity index (χ2n) is 8.23. The van der Waals surface area contributed by atoms with Crippen molar-refractivity contribution in [2.24, 2.45) is 0 Å². The second kappa shape index (κ2) is 11.7. The number of alkyl carbamates (subject to hydrolysis) is 1. The molecular weight excluding hydrogens is 432 g/mol. The van der Waals surface area contributed by atoms with E-state index in [-0.39, 0.29) is 5.75 Å². The van der Waals surface area contributed by atoms with Gasteiger partial charge in [0.15, 0.2) is 0 Å². The summed E-state index contributed by atoms with van der Waals surface area (Å²) >= 11 is 0. The Hall–Kier alpha value is -3.81. The van der Waals surface area contributed by atoms with Gasteiger partial charge in [0.1, 0.15) is 36.5 Å². The monoisotopic (exact) mass is 462 g/mol. The number of nitriles is 1. The molecule has 0 aliphatic rings. The van der Waals surface area contributed by atoms with Crippen LogP contribution in [0.1, 0.15) is 44.9 Å². The van der Waals surface area contributed by atoms with E-state index >= 15 is 0 Å². The molecule has 11 heteroatoms. The van der Waals surface area contributed by atoms with Gasteiger partial charge in [0.2, 0.25) is 11.8 Å². The van der Waals surface area contributed by atoms with E-state index in [0.29, 0.717) is 11.1 Å². The van der Waals surface area contributed by atoms with Crippen molar-refractivity contribution in [1.29, 1.82) is 5.26 Å². The molecule has 33 heavy (non-hydrogen) atoms. The fourth-order valence-electron chi connectivity index (χ4n) is 2.82. The molecule has 0 saturated heterocycles. The standard InChI is InChI=1S/C22H30N4O7/c1-13-11-15(7-8-16(13)27)18(19(29)24-12-17(28)32-6)26(10-9-23)20(30)14(2)25-21(31)33-22(3,4)5/h7-8,11,14,18,27H,10,12H2,1-6H3,(H,24,29)(H,25,31). The number of rotatable bonds is 8. The van der Waals surface area contributed by atoms with Gasteiger partial charge in [-0.3, -0.25) is 14.4 Å². The first-order valence-electron chi connectivity index (χ1n) is 10.1. The molecule has 0 aliphatic carbocycles. The third kappa shape index (κ3) is 8.33. The topological polar surface area (TPSA) is 158 Å². The fourth-order valence-corrected chi connectivity index (χ4v) is 2.82. The maximum absolute atomic E-state index is 13.2. The van der Waals surface area contributed by atoms with Crippen LogP contribution in [0.3, 0.4) is 0 Å². The molecule has 0 fully saturated rings. The third-order valence-corrected chi connectivity index (χ3v) is 4.36. The largest absolute Gasteiger partial charge is 0.508 e. The predicted molar refractivity (Wildman–Crippen MR) is 117 cm³/mol. The van der Waals surface area contributed by atoms with Gasteiger partial charge in [-0.15, -0.1) is 0 Å². The molecule has 2 unspecified atom stereocenters. The summed E-state index contributed by atoms with van der Waals surface area (Å²) in [6.45, 7) is 7.04. The summed E-state index contributed by atoms with van der Waals surface area (Å²) in [5.74, 6) is -2.21. The van der Waals surface area contributed by atoms with E-state index < -0.39 is 54.7 Å². The van der Waals surface area contributed by atoms with Gasteiger partial charge in [-0.25, -0.2) is 4.79 Å². The number of nitrogens with one attached hydrogen (secondary N) is 2. The summed E-state index contributed by atoms with van der Waals surface area (Å²) in [4.78, 5) is 50.7. The van der Waals surface area contributed by atoms with Crippen LogP contribution in [-0.4, -0.2) is 65.7 Å². The van der Waals surface area contributed by atoms with Gasteiger partial charge in [-0.05, 0) is 57.9 Å². The Bertz CT molecular complexity index is 934. The summed E-state index contributed by atoms with van der Waals surface area (Å²) in [6, 6.07) is 3.64. The highest BCUT2D eigenvalue weighted by Gasteiger charge is 2.35. The first kappa shape index (κ1) is 27.2. The Kier molecular flexibility index (Phi) is 9.66. The molecule has 1 aromatic carbocycles. The molecule has 11 nitrogen and oxygen atoms in total.